The van der Waals surface area contributed by atoms with Crippen LogP contribution in [0.2, 0.25) is 0 Å². The van der Waals surface area contributed by atoms with Crippen LogP contribution in [0.15, 0.2) is 163 Å². The van der Waals surface area contributed by atoms with Gasteiger partial charge in [-0.05, 0) is 96.4 Å². The second kappa shape index (κ2) is 9.89. The molecule has 12 rings (SSSR count). The molecule has 246 valence electrons. The molecule has 52 heavy (non-hydrogen) atoms. The molecule has 8 aromatic rings. The lowest BCUT2D eigenvalue weighted by atomic mass is 9.58. The number of thiophene rings is 2. The quantitative estimate of drug-likeness (QED) is 0.165. The van der Waals surface area contributed by atoms with Crippen LogP contribution >= 0.6 is 22.7 Å². The molecule has 0 radical (unpaired) electrons. The molecule has 0 atom stereocenters. The predicted molar refractivity (Wildman–Crippen MR) is 217 cm³/mol. The average Bonchev–Trinajstić information content (AvgIpc) is 3.97. The number of fused-ring (bicyclic) bond motifs is 18. The van der Waals surface area contributed by atoms with Crippen LogP contribution in [0.25, 0.3) is 22.3 Å². The van der Waals surface area contributed by atoms with Crippen LogP contribution in [0.1, 0.15) is 68.1 Å². The van der Waals surface area contributed by atoms with Crippen LogP contribution in [0, 0.1) is 0 Å². The molecule has 0 amide bonds. The maximum atomic E-state index is 2.60. The van der Waals surface area contributed by atoms with Gasteiger partial charge in [-0.1, -0.05) is 147 Å². The summed E-state index contributed by atoms with van der Waals surface area (Å²) < 4.78 is 0. The fourth-order valence-corrected chi connectivity index (χ4v) is 13.3. The number of rotatable bonds is 1. The minimum Gasteiger partial charge on any atom is -0.301 e. The summed E-state index contributed by atoms with van der Waals surface area (Å²) in [6.45, 7) is 4.75. The van der Waals surface area contributed by atoms with E-state index in [0.717, 1.165) is 0 Å². The van der Waals surface area contributed by atoms with Crippen LogP contribution in [0.5, 0.6) is 0 Å². The third-order valence-electron chi connectivity index (χ3n) is 12.6. The Morgan fingerprint density at radius 2 is 0.808 bits per heavy atom. The van der Waals surface area contributed by atoms with Crippen molar-refractivity contribution in [3.8, 4) is 22.3 Å². The molecule has 2 spiro atoms. The molecule has 4 aliphatic rings. The maximum Gasteiger partial charge on any atom is 0.101 e. The molecule has 3 heteroatoms. The molecule has 0 unspecified atom stereocenters. The first-order valence-corrected chi connectivity index (χ1v) is 19.9. The number of para-hydroxylation sites is 2. The van der Waals surface area contributed by atoms with Crippen molar-refractivity contribution in [2.24, 2.45) is 0 Å². The molecule has 0 bridgehead atoms. The van der Waals surface area contributed by atoms with Crippen LogP contribution in [0.3, 0.4) is 0 Å². The van der Waals surface area contributed by atoms with Gasteiger partial charge in [-0.15, -0.1) is 22.7 Å². The molecule has 0 saturated carbocycles. The van der Waals surface area contributed by atoms with Gasteiger partial charge in [-0.2, -0.15) is 0 Å². The topological polar surface area (TPSA) is 3.24 Å². The molecule has 3 aliphatic carbocycles. The fraction of sp³-hybridized carbons (Fsp3) is 0.102. The van der Waals surface area contributed by atoms with Crippen LogP contribution in [-0.2, 0) is 16.2 Å². The molecule has 1 aliphatic heterocycles. The van der Waals surface area contributed by atoms with Gasteiger partial charge < -0.3 is 4.90 Å². The van der Waals surface area contributed by atoms with Crippen molar-refractivity contribution in [2.75, 3.05) is 4.90 Å². The summed E-state index contributed by atoms with van der Waals surface area (Å²) in [5, 5.41) is 3.62. The Morgan fingerprint density at radius 3 is 1.29 bits per heavy atom. The highest BCUT2D eigenvalue weighted by molar-refractivity contribution is 7.17. The fourth-order valence-electron chi connectivity index (χ4n) is 10.6. The summed E-state index contributed by atoms with van der Waals surface area (Å²) in [7, 11) is 0. The van der Waals surface area contributed by atoms with E-state index in [1.165, 1.54) is 92.9 Å². The van der Waals surface area contributed by atoms with Crippen LogP contribution < -0.4 is 4.90 Å². The summed E-state index contributed by atoms with van der Waals surface area (Å²) in [4.78, 5) is 5.44. The van der Waals surface area contributed by atoms with Crippen molar-refractivity contribution in [3.63, 3.8) is 0 Å². The number of benzene rings is 6. The van der Waals surface area contributed by atoms with Crippen molar-refractivity contribution in [3.05, 3.63) is 217 Å². The summed E-state index contributed by atoms with van der Waals surface area (Å²) >= 11 is 3.94. The first-order valence-electron chi connectivity index (χ1n) is 18.2. The molecule has 0 saturated heterocycles. The third kappa shape index (κ3) is 3.19. The molecule has 0 N–H and O–H groups in total. The standard InChI is InChI=1S/C49H33NS2/c1-47(2)38-23-11-13-25-42(38)50(43-26-14-12-24-39(43)47)44-29-41-46(52-44)48(34-19-7-3-15-30(34)31-16-4-8-20-35(31)48)40-27-28-51-45(40)49(41)36-21-9-5-17-32(36)33-18-6-10-22-37(33)49/h3-29H,1-2H3. The maximum absolute atomic E-state index is 2.60. The Balaban J connectivity index is 1.27. The van der Waals surface area contributed by atoms with Crippen molar-refractivity contribution >= 4 is 39.0 Å². The Bertz CT molecular complexity index is 2540. The molecular weight excluding hydrogens is 667 g/mol. The van der Waals surface area contributed by atoms with E-state index < -0.39 is 10.8 Å². The van der Waals surface area contributed by atoms with Crippen molar-refractivity contribution < 1.29 is 0 Å². The lowest BCUT2D eigenvalue weighted by molar-refractivity contribution is 0.632. The van der Waals surface area contributed by atoms with Gasteiger partial charge >= 0.3 is 0 Å². The Labute approximate surface area is 312 Å². The zero-order valence-corrected chi connectivity index (χ0v) is 30.5. The normalized spacial score (nSPS) is 16.7. The Morgan fingerprint density at radius 1 is 0.404 bits per heavy atom. The highest BCUT2D eigenvalue weighted by Crippen LogP contribution is 2.71. The summed E-state index contributed by atoms with van der Waals surface area (Å²) in [6, 6.07) is 60.0. The number of anilines is 3. The second-order valence-corrected chi connectivity index (χ2v) is 17.1. The van der Waals surface area contributed by atoms with Gasteiger partial charge in [0.05, 0.1) is 22.2 Å². The van der Waals surface area contributed by atoms with Gasteiger partial charge in [0.25, 0.3) is 0 Å². The molecule has 6 aromatic carbocycles. The van der Waals surface area contributed by atoms with Crippen molar-refractivity contribution in [1.82, 2.24) is 0 Å². The highest BCUT2D eigenvalue weighted by atomic mass is 32.1. The van der Waals surface area contributed by atoms with E-state index in [0.29, 0.717) is 0 Å². The van der Waals surface area contributed by atoms with Gasteiger partial charge in [0.1, 0.15) is 5.00 Å². The number of hydrogen-bond donors (Lipinski definition) is 0. The van der Waals surface area contributed by atoms with Gasteiger partial charge in [0, 0.05) is 15.2 Å². The van der Waals surface area contributed by atoms with E-state index in [1.807, 2.05) is 22.7 Å². The lowest BCUT2D eigenvalue weighted by Crippen LogP contribution is -2.41. The SMILES string of the molecule is CC1(C)c2ccccc2N(c2cc3c(s2)C2(c4ccccc4-c4ccccc42)c2ccsc2C32c3ccccc3-c3ccccc32)c2ccccc21. The Kier molecular flexibility index (Phi) is 5.54. The summed E-state index contributed by atoms with van der Waals surface area (Å²) in [5.74, 6) is 0. The van der Waals surface area contributed by atoms with Crippen molar-refractivity contribution in [1.29, 1.82) is 0 Å². The molecule has 2 aromatic heterocycles. The second-order valence-electron chi connectivity index (χ2n) is 15.2. The first kappa shape index (κ1) is 29.1. The average molecular weight is 700 g/mol. The van der Waals surface area contributed by atoms with E-state index in [-0.39, 0.29) is 5.41 Å². The number of nitrogens with zero attached hydrogens (tertiary/aromatic N) is 1. The van der Waals surface area contributed by atoms with Crippen LogP contribution in [-0.4, -0.2) is 0 Å². The minimum atomic E-state index is -0.438. The predicted octanol–water partition coefficient (Wildman–Crippen LogP) is 13.0. The minimum absolute atomic E-state index is 0.125. The molecule has 3 heterocycles. The van der Waals surface area contributed by atoms with Gasteiger partial charge in [-0.25, -0.2) is 0 Å². The van der Waals surface area contributed by atoms with Gasteiger partial charge in [0.15, 0.2) is 0 Å². The summed E-state index contributed by atoms with van der Waals surface area (Å²) in [6.07, 6.45) is 0. The summed E-state index contributed by atoms with van der Waals surface area (Å²) in [5.41, 5.74) is 18.0. The van der Waals surface area contributed by atoms with E-state index in [9.17, 15) is 0 Å². The smallest absolute Gasteiger partial charge is 0.101 e. The lowest BCUT2D eigenvalue weighted by Gasteiger charge is -2.45. The van der Waals surface area contributed by atoms with Gasteiger partial charge in [0.2, 0.25) is 0 Å². The molecule has 0 fully saturated rings. The number of hydrogen-bond acceptors (Lipinski definition) is 3. The molecule has 1 nitrogen and oxygen atoms in total. The first-order chi connectivity index (χ1) is 25.6. The molecular formula is C49H33NS2. The van der Waals surface area contributed by atoms with Crippen LogP contribution in [0.4, 0.5) is 16.4 Å². The monoisotopic (exact) mass is 699 g/mol. The zero-order chi connectivity index (χ0) is 34.4. The van der Waals surface area contributed by atoms with E-state index >= 15 is 0 Å². The van der Waals surface area contributed by atoms with Crippen molar-refractivity contribution in [2.45, 2.75) is 30.1 Å². The van der Waals surface area contributed by atoms with E-state index in [2.05, 4.69) is 182 Å². The van der Waals surface area contributed by atoms with E-state index in [1.54, 1.807) is 0 Å². The zero-order valence-electron chi connectivity index (χ0n) is 28.9. The Hall–Kier alpha value is -5.48. The largest absolute Gasteiger partial charge is 0.301 e. The van der Waals surface area contributed by atoms with Gasteiger partial charge in [-0.3, -0.25) is 0 Å². The highest BCUT2D eigenvalue weighted by Gasteiger charge is 2.61. The van der Waals surface area contributed by atoms with E-state index in [4.69, 9.17) is 0 Å². The third-order valence-corrected chi connectivity index (χ3v) is 14.9.